The third kappa shape index (κ3) is 3.27. The number of aryl methyl sites for hydroxylation is 1. The fourth-order valence-electron chi connectivity index (χ4n) is 1.48. The molecule has 0 heterocycles. The summed E-state index contributed by atoms with van der Waals surface area (Å²) in [7, 11) is 0. The predicted molar refractivity (Wildman–Crippen MR) is 61.9 cm³/mol. The Morgan fingerprint density at radius 2 is 2.06 bits per heavy atom. The van der Waals surface area contributed by atoms with Crippen LogP contribution in [0.3, 0.4) is 0 Å². The Bertz CT molecular complexity index is 446. The zero-order chi connectivity index (χ0) is 13.0. The van der Waals surface area contributed by atoms with Gasteiger partial charge < -0.3 is 10.6 Å². The van der Waals surface area contributed by atoms with Crippen LogP contribution >= 0.6 is 0 Å². The summed E-state index contributed by atoms with van der Waals surface area (Å²) in [5, 5.41) is 0. The molecular formula is C12H15FN2O2. The maximum absolute atomic E-state index is 13.6. The molecule has 4 nitrogen and oxygen atoms in total. The van der Waals surface area contributed by atoms with E-state index in [2.05, 4.69) is 0 Å². The molecule has 0 radical (unpaired) electrons. The van der Waals surface area contributed by atoms with Crippen LogP contribution in [-0.2, 0) is 4.79 Å². The van der Waals surface area contributed by atoms with Gasteiger partial charge in [0, 0.05) is 6.54 Å². The Morgan fingerprint density at radius 1 is 1.41 bits per heavy atom. The number of hydrogen-bond acceptors (Lipinski definition) is 2. The highest BCUT2D eigenvalue weighted by atomic mass is 19.1. The first kappa shape index (κ1) is 13.2. The second kappa shape index (κ2) is 5.43. The van der Waals surface area contributed by atoms with Crippen molar-refractivity contribution in [3.05, 3.63) is 35.1 Å². The van der Waals surface area contributed by atoms with E-state index < -0.39 is 17.6 Å². The summed E-state index contributed by atoms with van der Waals surface area (Å²) in [6, 6.07) is 4.34. The fourth-order valence-corrected chi connectivity index (χ4v) is 1.48. The van der Waals surface area contributed by atoms with E-state index in [0.29, 0.717) is 6.54 Å². The molecule has 0 aromatic heterocycles. The number of likely N-dealkylation sites (N-methyl/N-ethyl adjacent to an activating group) is 1. The quantitative estimate of drug-likeness (QED) is 0.853. The van der Waals surface area contributed by atoms with E-state index in [4.69, 9.17) is 5.73 Å². The molecule has 0 fully saturated rings. The molecule has 1 aromatic rings. The Balaban J connectivity index is 2.97. The first-order valence-corrected chi connectivity index (χ1v) is 5.29. The molecule has 0 bridgehead atoms. The van der Waals surface area contributed by atoms with Gasteiger partial charge in [0.15, 0.2) is 0 Å². The molecule has 0 aliphatic carbocycles. The van der Waals surface area contributed by atoms with Crippen LogP contribution in [0.25, 0.3) is 0 Å². The Kier molecular flexibility index (Phi) is 4.20. The fraction of sp³-hybridized carbons (Fsp3) is 0.333. The second-order valence-corrected chi connectivity index (χ2v) is 3.77. The van der Waals surface area contributed by atoms with Gasteiger partial charge in [0.2, 0.25) is 5.91 Å². The lowest BCUT2D eigenvalue weighted by molar-refractivity contribution is -0.118. The van der Waals surface area contributed by atoms with Crippen molar-refractivity contribution in [1.82, 2.24) is 4.90 Å². The highest BCUT2D eigenvalue weighted by Crippen LogP contribution is 2.12. The van der Waals surface area contributed by atoms with Crippen LogP contribution < -0.4 is 5.73 Å². The van der Waals surface area contributed by atoms with Gasteiger partial charge in [-0.25, -0.2) is 4.39 Å². The molecule has 17 heavy (non-hydrogen) atoms. The molecule has 0 atom stereocenters. The van der Waals surface area contributed by atoms with Crippen molar-refractivity contribution in [2.24, 2.45) is 5.73 Å². The van der Waals surface area contributed by atoms with Crippen molar-refractivity contribution < 1.29 is 14.0 Å². The molecular weight excluding hydrogens is 223 g/mol. The summed E-state index contributed by atoms with van der Waals surface area (Å²) in [5.41, 5.74) is 5.71. The summed E-state index contributed by atoms with van der Waals surface area (Å²) < 4.78 is 13.6. The number of carbonyl (C=O) groups is 2. The number of nitrogens with zero attached hydrogens (tertiary/aromatic N) is 1. The predicted octanol–water partition coefficient (Wildman–Crippen LogP) is 1.08. The normalized spacial score (nSPS) is 10.1. The molecule has 2 amide bonds. The minimum Gasteiger partial charge on any atom is -0.368 e. The van der Waals surface area contributed by atoms with Gasteiger partial charge >= 0.3 is 0 Å². The monoisotopic (exact) mass is 238 g/mol. The zero-order valence-electron chi connectivity index (χ0n) is 9.87. The van der Waals surface area contributed by atoms with Gasteiger partial charge in [0.1, 0.15) is 5.82 Å². The number of amides is 2. The van der Waals surface area contributed by atoms with E-state index >= 15 is 0 Å². The molecule has 0 saturated heterocycles. The smallest absolute Gasteiger partial charge is 0.257 e. The van der Waals surface area contributed by atoms with E-state index in [1.54, 1.807) is 19.9 Å². The van der Waals surface area contributed by atoms with Crippen LogP contribution in [0, 0.1) is 12.7 Å². The first-order valence-electron chi connectivity index (χ1n) is 5.29. The minimum atomic E-state index is -0.618. The third-order valence-corrected chi connectivity index (χ3v) is 2.37. The number of benzene rings is 1. The van der Waals surface area contributed by atoms with Crippen molar-refractivity contribution in [2.45, 2.75) is 13.8 Å². The van der Waals surface area contributed by atoms with E-state index in [-0.39, 0.29) is 12.1 Å². The summed E-state index contributed by atoms with van der Waals surface area (Å²) in [6.07, 6.45) is 0. The third-order valence-electron chi connectivity index (χ3n) is 2.37. The van der Waals surface area contributed by atoms with Crippen molar-refractivity contribution in [3.8, 4) is 0 Å². The Hall–Kier alpha value is -1.91. The molecule has 0 spiro atoms. The number of carbonyl (C=O) groups excluding carboxylic acids is 2. The number of halogens is 1. The molecule has 1 rings (SSSR count). The van der Waals surface area contributed by atoms with Crippen LogP contribution in [-0.4, -0.2) is 29.8 Å². The highest BCUT2D eigenvalue weighted by molar-refractivity contribution is 5.96. The summed E-state index contributed by atoms with van der Waals surface area (Å²) in [6.45, 7) is 3.53. The molecule has 0 saturated carbocycles. The van der Waals surface area contributed by atoms with Crippen molar-refractivity contribution in [1.29, 1.82) is 0 Å². The number of primary amides is 1. The van der Waals surface area contributed by atoms with Crippen LogP contribution in [0.1, 0.15) is 22.8 Å². The molecule has 0 aliphatic rings. The standard InChI is InChI=1S/C12H15FN2O2/c1-3-15(7-11(14)16)12(17)9-5-4-8(2)6-10(9)13/h4-6H,3,7H2,1-2H3,(H2,14,16). The largest absolute Gasteiger partial charge is 0.368 e. The first-order chi connectivity index (χ1) is 7.95. The number of nitrogens with two attached hydrogens (primary N) is 1. The number of rotatable bonds is 4. The van der Waals surface area contributed by atoms with Crippen LogP contribution in [0.15, 0.2) is 18.2 Å². The lowest BCUT2D eigenvalue weighted by Gasteiger charge is -2.19. The average Bonchev–Trinajstić information content (AvgIpc) is 2.24. The van der Waals surface area contributed by atoms with Crippen LogP contribution in [0.4, 0.5) is 4.39 Å². The van der Waals surface area contributed by atoms with Crippen LogP contribution in [0.2, 0.25) is 0 Å². The second-order valence-electron chi connectivity index (χ2n) is 3.77. The van der Waals surface area contributed by atoms with Gasteiger partial charge in [-0.3, -0.25) is 9.59 Å². The van der Waals surface area contributed by atoms with Crippen molar-refractivity contribution in [3.63, 3.8) is 0 Å². The highest BCUT2D eigenvalue weighted by Gasteiger charge is 2.19. The SMILES string of the molecule is CCN(CC(N)=O)C(=O)c1ccc(C)cc1F. The Morgan fingerprint density at radius 3 is 2.53 bits per heavy atom. The molecule has 0 aliphatic heterocycles. The van der Waals surface area contributed by atoms with E-state index in [9.17, 15) is 14.0 Å². The molecule has 92 valence electrons. The van der Waals surface area contributed by atoms with Crippen molar-refractivity contribution in [2.75, 3.05) is 13.1 Å². The molecule has 2 N–H and O–H groups in total. The number of hydrogen-bond donors (Lipinski definition) is 1. The van der Waals surface area contributed by atoms with E-state index in [1.165, 1.54) is 17.0 Å². The van der Waals surface area contributed by atoms with Gasteiger partial charge in [-0.05, 0) is 31.5 Å². The minimum absolute atomic E-state index is 0.0429. The van der Waals surface area contributed by atoms with Gasteiger partial charge in [-0.15, -0.1) is 0 Å². The van der Waals surface area contributed by atoms with E-state index in [0.717, 1.165) is 5.56 Å². The van der Waals surface area contributed by atoms with Crippen LogP contribution in [0.5, 0.6) is 0 Å². The van der Waals surface area contributed by atoms with Gasteiger partial charge in [-0.1, -0.05) is 6.07 Å². The average molecular weight is 238 g/mol. The molecule has 0 unspecified atom stereocenters. The zero-order valence-corrected chi connectivity index (χ0v) is 9.87. The Labute approximate surface area is 99.2 Å². The molecule has 1 aromatic carbocycles. The van der Waals surface area contributed by atoms with Crippen molar-refractivity contribution >= 4 is 11.8 Å². The summed E-state index contributed by atoms with van der Waals surface area (Å²) >= 11 is 0. The van der Waals surface area contributed by atoms with E-state index in [1.807, 2.05) is 0 Å². The maximum Gasteiger partial charge on any atom is 0.257 e. The van der Waals surface area contributed by atoms with Gasteiger partial charge in [0.05, 0.1) is 12.1 Å². The molecule has 5 heteroatoms. The summed E-state index contributed by atoms with van der Waals surface area (Å²) in [5.74, 6) is -1.73. The lowest BCUT2D eigenvalue weighted by atomic mass is 10.1. The maximum atomic E-state index is 13.6. The lowest BCUT2D eigenvalue weighted by Crippen LogP contribution is -2.38. The van der Waals surface area contributed by atoms with Gasteiger partial charge in [-0.2, -0.15) is 0 Å². The van der Waals surface area contributed by atoms with Gasteiger partial charge in [0.25, 0.3) is 5.91 Å². The summed E-state index contributed by atoms with van der Waals surface area (Å²) in [4.78, 5) is 23.9. The topological polar surface area (TPSA) is 63.4 Å².